The van der Waals surface area contributed by atoms with E-state index < -0.39 is 11.5 Å². The Balaban J connectivity index is 1.62. The molecule has 0 radical (unpaired) electrons. The van der Waals surface area contributed by atoms with Gasteiger partial charge in [-0.05, 0) is 62.4 Å². The molecule has 9 heteroatoms. The van der Waals surface area contributed by atoms with Crippen molar-refractivity contribution in [3.05, 3.63) is 76.6 Å². The zero-order chi connectivity index (χ0) is 22.0. The molecule has 2 aromatic carbocycles. The number of nitrogens with zero attached hydrogens (tertiary/aromatic N) is 4. The number of anilines is 1. The zero-order valence-electron chi connectivity index (χ0n) is 17.0. The second kappa shape index (κ2) is 8.39. The fourth-order valence-electron chi connectivity index (χ4n) is 3.24. The minimum atomic E-state index is -0.468. The Morgan fingerprint density at radius 2 is 1.84 bits per heavy atom. The number of rotatable bonds is 6. The van der Waals surface area contributed by atoms with E-state index in [4.69, 9.17) is 4.74 Å². The van der Waals surface area contributed by atoms with E-state index >= 15 is 0 Å². The number of nitrogens with one attached hydrogen (secondary N) is 1. The van der Waals surface area contributed by atoms with E-state index in [9.17, 15) is 14.0 Å². The van der Waals surface area contributed by atoms with Gasteiger partial charge in [0.2, 0.25) is 5.91 Å². The highest BCUT2D eigenvalue weighted by atomic mass is 19.1. The molecular formula is C22H20FN5O3. The largest absolute Gasteiger partial charge is 0.494 e. The summed E-state index contributed by atoms with van der Waals surface area (Å²) in [6.45, 7) is 3.91. The first kappa shape index (κ1) is 20.3. The second-order valence-corrected chi connectivity index (χ2v) is 6.85. The molecule has 0 aliphatic carbocycles. The topological polar surface area (TPSA) is 91.0 Å². The number of halogens is 1. The third kappa shape index (κ3) is 4.16. The lowest BCUT2D eigenvalue weighted by molar-refractivity contribution is -0.117. The molecule has 8 nitrogen and oxygen atoms in total. The van der Waals surface area contributed by atoms with Crippen LogP contribution in [0.2, 0.25) is 0 Å². The number of hydrogen-bond donors (Lipinski definition) is 1. The standard InChI is InChI=1S/C22H20FN5O3/c1-3-31-18-10-6-16(7-11-18)25-20(29)13-27-22(30)21-19(14(2)26-27)12-24-28(21)17-8-4-15(23)5-9-17/h4-12H,3,13H2,1-2H3,(H,25,29). The van der Waals surface area contributed by atoms with Crippen LogP contribution in [0.1, 0.15) is 12.6 Å². The van der Waals surface area contributed by atoms with Gasteiger partial charge < -0.3 is 10.1 Å². The van der Waals surface area contributed by atoms with Gasteiger partial charge in [-0.2, -0.15) is 10.2 Å². The van der Waals surface area contributed by atoms with Crippen molar-refractivity contribution in [3.63, 3.8) is 0 Å². The molecule has 0 unspecified atom stereocenters. The third-order valence-electron chi connectivity index (χ3n) is 4.68. The first-order chi connectivity index (χ1) is 15.0. The van der Waals surface area contributed by atoms with Gasteiger partial charge in [0.15, 0.2) is 0 Å². The summed E-state index contributed by atoms with van der Waals surface area (Å²) in [6.07, 6.45) is 1.53. The van der Waals surface area contributed by atoms with Crippen molar-refractivity contribution in [2.75, 3.05) is 11.9 Å². The number of amides is 1. The van der Waals surface area contributed by atoms with Gasteiger partial charge in [0.1, 0.15) is 23.6 Å². The van der Waals surface area contributed by atoms with Gasteiger partial charge in [-0.15, -0.1) is 0 Å². The first-order valence-electron chi connectivity index (χ1n) is 9.70. The van der Waals surface area contributed by atoms with E-state index in [2.05, 4.69) is 15.5 Å². The molecule has 1 N–H and O–H groups in total. The first-order valence-corrected chi connectivity index (χ1v) is 9.70. The molecular weight excluding hydrogens is 401 g/mol. The predicted molar refractivity (Wildman–Crippen MR) is 114 cm³/mol. The third-order valence-corrected chi connectivity index (χ3v) is 4.68. The number of aryl methyl sites for hydroxylation is 1. The maximum atomic E-state index is 13.3. The van der Waals surface area contributed by atoms with Crippen LogP contribution in [0.15, 0.2) is 59.5 Å². The highest BCUT2D eigenvalue weighted by Gasteiger charge is 2.17. The Kier molecular flexibility index (Phi) is 5.48. The average molecular weight is 421 g/mol. The Labute approximate surface area is 176 Å². The molecule has 0 spiro atoms. The lowest BCUT2D eigenvalue weighted by Gasteiger charge is -2.10. The summed E-state index contributed by atoms with van der Waals surface area (Å²) in [5, 5.41) is 11.8. The van der Waals surface area contributed by atoms with Crippen molar-refractivity contribution in [1.29, 1.82) is 0 Å². The number of aromatic nitrogens is 4. The van der Waals surface area contributed by atoms with E-state index in [1.54, 1.807) is 31.2 Å². The van der Waals surface area contributed by atoms with Crippen molar-refractivity contribution in [3.8, 4) is 11.4 Å². The summed E-state index contributed by atoms with van der Waals surface area (Å²) in [6, 6.07) is 12.6. The SMILES string of the molecule is CCOc1ccc(NC(=O)Cn2nc(C)c3cnn(-c4ccc(F)cc4)c3c2=O)cc1. The Morgan fingerprint density at radius 1 is 1.13 bits per heavy atom. The predicted octanol–water partition coefficient (Wildman–Crippen LogP) is 3.07. The maximum absolute atomic E-state index is 13.3. The second-order valence-electron chi connectivity index (χ2n) is 6.85. The van der Waals surface area contributed by atoms with Crippen molar-refractivity contribution in [1.82, 2.24) is 19.6 Å². The molecule has 0 saturated carbocycles. The van der Waals surface area contributed by atoms with Crippen LogP contribution in [0.25, 0.3) is 16.6 Å². The van der Waals surface area contributed by atoms with E-state index in [1.165, 1.54) is 35.1 Å². The quantitative estimate of drug-likeness (QED) is 0.517. The van der Waals surface area contributed by atoms with Crippen molar-refractivity contribution < 1.29 is 13.9 Å². The molecule has 0 fully saturated rings. The molecule has 0 aliphatic rings. The minimum absolute atomic E-state index is 0.266. The van der Waals surface area contributed by atoms with Crippen LogP contribution in [-0.2, 0) is 11.3 Å². The van der Waals surface area contributed by atoms with Crippen molar-refractivity contribution >= 4 is 22.5 Å². The van der Waals surface area contributed by atoms with Gasteiger partial charge in [0.05, 0.1) is 24.2 Å². The normalized spacial score (nSPS) is 10.9. The number of ether oxygens (including phenoxy) is 1. The molecule has 2 aromatic heterocycles. The molecule has 0 atom stereocenters. The smallest absolute Gasteiger partial charge is 0.293 e. The fraction of sp³-hybridized carbons (Fsp3) is 0.182. The Hall–Kier alpha value is -4.01. The van der Waals surface area contributed by atoms with Crippen LogP contribution in [0.5, 0.6) is 5.75 Å². The highest BCUT2D eigenvalue weighted by Crippen LogP contribution is 2.18. The van der Waals surface area contributed by atoms with Crippen LogP contribution >= 0.6 is 0 Å². The van der Waals surface area contributed by atoms with Gasteiger partial charge in [0, 0.05) is 11.1 Å². The number of carbonyl (C=O) groups is 1. The van der Waals surface area contributed by atoms with Crippen LogP contribution in [0, 0.1) is 12.7 Å². The summed E-state index contributed by atoms with van der Waals surface area (Å²) >= 11 is 0. The van der Waals surface area contributed by atoms with Crippen molar-refractivity contribution in [2.45, 2.75) is 20.4 Å². The zero-order valence-corrected chi connectivity index (χ0v) is 17.0. The van der Waals surface area contributed by atoms with Gasteiger partial charge in [0.25, 0.3) is 5.56 Å². The van der Waals surface area contributed by atoms with E-state index in [1.807, 2.05) is 6.92 Å². The molecule has 1 amide bonds. The van der Waals surface area contributed by atoms with Gasteiger partial charge in [-0.25, -0.2) is 13.8 Å². The van der Waals surface area contributed by atoms with Gasteiger partial charge in [-0.3, -0.25) is 9.59 Å². The summed E-state index contributed by atoms with van der Waals surface area (Å²) < 4.78 is 21.2. The molecule has 4 aromatic rings. The monoisotopic (exact) mass is 421 g/mol. The van der Waals surface area contributed by atoms with Gasteiger partial charge >= 0.3 is 0 Å². The molecule has 0 saturated heterocycles. The molecule has 0 aliphatic heterocycles. The van der Waals surface area contributed by atoms with Crippen LogP contribution < -0.4 is 15.6 Å². The highest BCUT2D eigenvalue weighted by molar-refractivity contribution is 5.90. The number of hydrogen-bond acceptors (Lipinski definition) is 5. The van der Waals surface area contributed by atoms with E-state index in [-0.39, 0.29) is 17.9 Å². The lowest BCUT2D eigenvalue weighted by Crippen LogP contribution is -2.31. The molecule has 4 rings (SSSR count). The summed E-state index contributed by atoms with van der Waals surface area (Å²) in [5.74, 6) is -0.0831. The minimum Gasteiger partial charge on any atom is -0.494 e. The van der Waals surface area contributed by atoms with Gasteiger partial charge in [-0.1, -0.05) is 0 Å². The Bertz CT molecular complexity index is 1290. The summed E-state index contributed by atoms with van der Waals surface area (Å²) in [5.41, 5.74) is 1.47. The average Bonchev–Trinajstić information content (AvgIpc) is 3.20. The summed E-state index contributed by atoms with van der Waals surface area (Å²) in [4.78, 5) is 25.6. The van der Waals surface area contributed by atoms with Crippen molar-refractivity contribution in [2.24, 2.45) is 0 Å². The molecule has 158 valence electrons. The number of carbonyl (C=O) groups excluding carboxylic acids is 1. The fourth-order valence-corrected chi connectivity index (χ4v) is 3.24. The molecule has 0 bridgehead atoms. The molecule has 2 heterocycles. The number of fused-ring (bicyclic) bond motifs is 1. The van der Waals surface area contributed by atoms with Crippen LogP contribution in [0.3, 0.4) is 0 Å². The van der Waals surface area contributed by atoms with Crippen LogP contribution in [0.4, 0.5) is 10.1 Å². The number of benzene rings is 2. The molecule has 31 heavy (non-hydrogen) atoms. The Morgan fingerprint density at radius 3 is 2.52 bits per heavy atom. The maximum Gasteiger partial charge on any atom is 0.293 e. The lowest BCUT2D eigenvalue weighted by atomic mass is 10.2. The van der Waals surface area contributed by atoms with Crippen LogP contribution in [-0.4, -0.2) is 32.1 Å². The van der Waals surface area contributed by atoms with E-state index in [0.717, 1.165) is 4.68 Å². The summed E-state index contributed by atoms with van der Waals surface area (Å²) in [7, 11) is 0. The van der Waals surface area contributed by atoms with E-state index in [0.29, 0.717) is 34.8 Å².